The van der Waals surface area contributed by atoms with E-state index in [0.717, 1.165) is 19.3 Å². The first-order valence-electron chi connectivity index (χ1n) is 4.72. The smallest absolute Gasteiger partial charge is 0.0273 e. The van der Waals surface area contributed by atoms with Gasteiger partial charge in [-0.05, 0) is 42.9 Å². The van der Waals surface area contributed by atoms with Crippen LogP contribution in [0.3, 0.4) is 0 Å². The molecule has 0 nitrogen and oxygen atoms in total. The van der Waals surface area contributed by atoms with Crippen LogP contribution in [0.5, 0.6) is 0 Å². The van der Waals surface area contributed by atoms with Crippen molar-refractivity contribution in [1.29, 1.82) is 0 Å². The molecule has 0 saturated heterocycles. The van der Waals surface area contributed by atoms with Crippen molar-refractivity contribution in [1.82, 2.24) is 0 Å². The highest BCUT2D eigenvalue weighted by Gasteiger charge is 2.02. The Hall–Kier alpha value is -0.780. The van der Waals surface area contributed by atoms with Crippen molar-refractivity contribution in [3.8, 4) is 0 Å². The molecule has 1 aromatic rings. The van der Waals surface area contributed by atoms with Crippen LogP contribution in [0.25, 0.3) is 0 Å². The molecule has 0 N–H and O–H groups in total. The molecule has 1 aromatic carbocycles. The van der Waals surface area contributed by atoms with Crippen LogP contribution >= 0.6 is 0 Å². The second-order valence-corrected chi connectivity index (χ2v) is 3.01. The Bertz CT molecular complexity index is 226. The van der Waals surface area contributed by atoms with Crippen LogP contribution in [-0.2, 0) is 19.3 Å². The summed E-state index contributed by atoms with van der Waals surface area (Å²) < 4.78 is 0. The van der Waals surface area contributed by atoms with Gasteiger partial charge in [0.2, 0.25) is 0 Å². The van der Waals surface area contributed by atoms with Crippen molar-refractivity contribution in [2.75, 3.05) is 0 Å². The van der Waals surface area contributed by atoms with Crippen LogP contribution in [0.4, 0.5) is 0 Å². The Kier molecular flexibility index (Phi) is 3.33. The molecule has 12 heavy (non-hydrogen) atoms. The summed E-state index contributed by atoms with van der Waals surface area (Å²) in [6, 6.07) is 6.57. The zero-order chi connectivity index (χ0) is 8.97. The largest absolute Gasteiger partial charge is 0.0617 e. The third-order valence-electron chi connectivity index (χ3n) is 2.38. The van der Waals surface area contributed by atoms with Crippen LogP contribution in [0, 0.1) is 6.92 Å². The van der Waals surface area contributed by atoms with E-state index in [1.165, 1.54) is 16.7 Å². The summed E-state index contributed by atoms with van der Waals surface area (Å²) in [6.07, 6.45) is 3.17. The van der Waals surface area contributed by atoms with Crippen molar-refractivity contribution >= 4 is 0 Å². The molecule has 0 aliphatic rings. The maximum absolute atomic E-state index is 3.97. The van der Waals surface area contributed by atoms with Gasteiger partial charge in [-0.2, -0.15) is 0 Å². The molecule has 0 bridgehead atoms. The Morgan fingerprint density at radius 1 is 1.08 bits per heavy atom. The zero-order valence-electron chi connectivity index (χ0n) is 8.06. The topological polar surface area (TPSA) is 0 Å². The summed E-state index contributed by atoms with van der Waals surface area (Å²) in [5.74, 6) is 0. The second kappa shape index (κ2) is 4.30. The van der Waals surface area contributed by atoms with Crippen molar-refractivity contribution in [2.24, 2.45) is 0 Å². The van der Waals surface area contributed by atoms with E-state index in [1.807, 2.05) is 0 Å². The Balaban J connectivity index is 3.13. The third-order valence-corrected chi connectivity index (χ3v) is 2.38. The van der Waals surface area contributed by atoms with E-state index in [2.05, 4.69) is 39.0 Å². The van der Waals surface area contributed by atoms with E-state index in [9.17, 15) is 0 Å². The third kappa shape index (κ3) is 1.69. The minimum atomic E-state index is 0.924. The minimum Gasteiger partial charge on any atom is -0.0617 e. The molecule has 0 amide bonds. The fourth-order valence-electron chi connectivity index (χ4n) is 1.67. The zero-order valence-corrected chi connectivity index (χ0v) is 8.06. The van der Waals surface area contributed by atoms with Crippen LogP contribution in [0.15, 0.2) is 18.2 Å². The number of rotatable bonds is 3. The quantitative estimate of drug-likeness (QED) is 0.638. The highest BCUT2D eigenvalue weighted by atomic mass is 14.1. The molecule has 0 unspecified atom stereocenters. The van der Waals surface area contributed by atoms with Gasteiger partial charge < -0.3 is 0 Å². The molecule has 0 aliphatic heterocycles. The number of benzene rings is 1. The van der Waals surface area contributed by atoms with E-state index in [1.54, 1.807) is 0 Å². The summed E-state index contributed by atoms with van der Waals surface area (Å²) in [6.45, 7) is 8.38. The van der Waals surface area contributed by atoms with Gasteiger partial charge in [0.05, 0.1) is 0 Å². The van der Waals surface area contributed by atoms with E-state index in [-0.39, 0.29) is 0 Å². The molecule has 0 aromatic heterocycles. The van der Waals surface area contributed by atoms with Crippen molar-refractivity contribution < 1.29 is 0 Å². The highest BCUT2D eigenvalue weighted by Crippen LogP contribution is 2.16. The molecule has 1 rings (SSSR count). The summed E-state index contributed by atoms with van der Waals surface area (Å²) in [5, 5.41) is 0. The maximum atomic E-state index is 3.97. The fourth-order valence-corrected chi connectivity index (χ4v) is 1.67. The summed E-state index contributed by atoms with van der Waals surface area (Å²) >= 11 is 0. The van der Waals surface area contributed by atoms with Crippen LogP contribution in [0.1, 0.15) is 30.5 Å². The second-order valence-electron chi connectivity index (χ2n) is 3.01. The van der Waals surface area contributed by atoms with E-state index >= 15 is 0 Å². The maximum Gasteiger partial charge on any atom is -0.0273 e. The van der Waals surface area contributed by atoms with Crippen LogP contribution in [-0.4, -0.2) is 0 Å². The summed E-state index contributed by atoms with van der Waals surface area (Å²) in [7, 11) is 0. The monoisotopic (exact) mass is 161 g/mol. The predicted molar refractivity (Wildman–Crippen MR) is 54.3 cm³/mol. The van der Waals surface area contributed by atoms with E-state index in [0.29, 0.717) is 0 Å². The molecule has 0 fully saturated rings. The molecule has 0 heteroatoms. The Morgan fingerprint density at radius 3 is 1.92 bits per heavy atom. The van der Waals surface area contributed by atoms with Gasteiger partial charge in [-0.15, -0.1) is 0 Å². The van der Waals surface area contributed by atoms with Crippen LogP contribution < -0.4 is 0 Å². The van der Waals surface area contributed by atoms with Crippen LogP contribution in [0.2, 0.25) is 0 Å². The summed E-state index contributed by atoms with van der Waals surface area (Å²) in [5.41, 5.74) is 4.39. The van der Waals surface area contributed by atoms with Gasteiger partial charge in [-0.1, -0.05) is 32.0 Å². The van der Waals surface area contributed by atoms with Crippen molar-refractivity contribution in [3.05, 3.63) is 41.8 Å². The molecule has 0 heterocycles. The lowest BCUT2D eigenvalue weighted by Crippen LogP contribution is -1.96. The van der Waals surface area contributed by atoms with Gasteiger partial charge in [-0.3, -0.25) is 0 Å². The van der Waals surface area contributed by atoms with Crippen molar-refractivity contribution in [2.45, 2.75) is 33.1 Å². The van der Waals surface area contributed by atoms with Crippen molar-refractivity contribution in [3.63, 3.8) is 0 Å². The molecular formula is C12H17. The van der Waals surface area contributed by atoms with Gasteiger partial charge in [0.15, 0.2) is 0 Å². The van der Waals surface area contributed by atoms with E-state index in [4.69, 9.17) is 0 Å². The van der Waals surface area contributed by atoms with Gasteiger partial charge >= 0.3 is 0 Å². The Morgan fingerprint density at radius 2 is 1.58 bits per heavy atom. The molecule has 1 radical (unpaired) electrons. The lowest BCUT2D eigenvalue weighted by Gasteiger charge is -2.10. The average molecular weight is 161 g/mol. The lowest BCUT2D eigenvalue weighted by atomic mass is 9.96. The molecule has 0 saturated carbocycles. The number of hydrogen-bond donors (Lipinski definition) is 0. The first kappa shape index (κ1) is 9.31. The van der Waals surface area contributed by atoms with Gasteiger partial charge in [0, 0.05) is 0 Å². The first-order valence-corrected chi connectivity index (χ1v) is 4.72. The molecule has 0 atom stereocenters. The molecular weight excluding hydrogens is 144 g/mol. The number of hydrogen-bond acceptors (Lipinski definition) is 0. The molecule has 65 valence electrons. The summed E-state index contributed by atoms with van der Waals surface area (Å²) in [4.78, 5) is 0. The molecule has 0 spiro atoms. The van der Waals surface area contributed by atoms with Gasteiger partial charge in [0.25, 0.3) is 0 Å². The number of aryl methyl sites for hydroxylation is 2. The Labute approximate surface area is 75.6 Å². The fraction of sp³-hybridized carbons (Fsp3) is 0.417. The standard InChI is InChI=1S/C12H17/c1-4-10-8-7-9-11(5-2)12(10)6-3/h7-9H,3-6H2,1-2H3. The predicted octanol–water partition coefficient (Wildman–Crippen LogP) is 3.19. The normalized spacial score (nSPS) is 10.2. The molecule has 0 aliphatic carbocycles. The minimum absolute atomic E-state index is 0.924. The van der Waals surface area contributed by atoms with Gasteiger partial charge in [-0.25, -0.2) is 0 Å². The van der Waals surface area contributed by atoms with Gasteiger partial charge in [0.1, 0.15) is 0 Å². The lowest BCUT2D eigenvalue weighted by molar-refractivity contribution is 1.01. The first-order chi connectivity index (χ1) is 5.83. The highest BCUT2D eigenvalue weighted by molar-refractivity contribution is 5.35. The average Bonchev–Trinajstić information content (AvgIpc) is 2.16. The van der Waals surface area contributed by atoms with E-state index < -0.39 is 0 Å². The SMILES string of the molecule is [CH2]Cc1c(CC)cccc1CC.